The predicted molar refractivity (Wildman–Crippen MR) is 64.0 cm³/mol. The number of alkyl halides is 1. The molecule has 0 amide bonds. The molecular formula is C9H17Br2NO. The van der Waals surface area contributed by atoms with E-state index in [4.69, 9.17) is 0 Å². The van der Waals surface area contributed by atoms with Crippen LogP contribution < -0.4 is 5.32 Å². The SMILES string of the molecule is Br.CNC1(C(=O)CBr)CCCCC1. The number of nitrogens with one attached hydrogen (secondary N) is 1. The third-order valence-corrected chi connectivity index (χ3v) is 3.35. The molecule has 1 rings (SSSR count). The maximum atomic E-state index is 11.6. The summed E-state index contributed by atoms with van der Waals surface area (Å²) in [5.41, 5.74) is -0.207. The molecule has 0 saturated heterocycles. The summed E-state index contributed by atoms with van der Waals surface area (Å²) in [6.07, 6.45) is 5.65. The number of rotatable bonds is 3. The van der Waals surface area contributed by atoms with Crippen LogP contribution in [0.1, 0.15) is 32.1 Å². The van der Waals surface area contributed by atoms with Gasteiger partial charge in [-0.15, -0.1) is 17.0 Å². The molecule has 4 heteroatoms. The minimum absolute atomic E-state index is 0. The summed E-state index contributed by atoms with van der Waals surface area (Å²) in [5.74, 6) is 0.310. The number of hydrogen-bond acceptors (Lipinski definition) is 2. The molecule has 1 N–H and O–H groups in total. The van der Waals surface area contributed by atoms with Crippen LogP contribution in [0.2, 0.25) is 0 Å². The molecule has 0 radical (unpaired) electrons. The van der Waals surface area contributed by atoms with E-state index >= 15 is 0 Å². The Hall–Kier alpha value is 0.590. The van der Waals surface area contributed by atoms with Crippen molar-refractivity contribution in [1.29, 1.82) is 0 Å². The molecule has 0 unspecified atom stereocenters. The van der Waals surface area contributed by atoms with Crippen LogP contribution in [0, 0.1) is 0 Å². The van der Waals surface area contributed by atoms with Gasteiger partial charge in [0.25, 0.3) is 0 Å². The van der Waals surface area contributed by atoms with Gasteiger partial charge in [0.15, 0.2) is 5.78 Å². The fourth-order valence-corrected chi connectivity index (χ4v) is 2.49. The van der Waals surface area contributed by atoms with E-state index in [1.54, 1.807) is 0 Å². The smallest absolute Gasteiger partial charge is 0.163 e. The zero-order valence-electron chi connectivity index (χ0n) is 7.94. The number of carbonyl (C=O) groups is 1. The van der Waals surface area contributed by atoms with Crippen molar-refractivity contribution < 1.29 is 4.79 Å². The second-order valence-electron chi connectivity index (χ2n) is 3.45. The Bertz CT molecular complexity index is 167. The minimum Gasteiger partial charge on any atom is -0.308 e. The van der Waals surface area contributed by atoms with Crippen LogP contribution in [0.15, 0.2) is 0 Å². The van der Waals surface area contributed by atoms with Gasteiger partial charge in [0.1, 0.15) is 0 Å². The van der Waals surface area contributed by atoms with Crippen molar-refractivity contribution in [2.75, 3.05) is 12.4 Å². The number of hydrogen-bond donors (Lipinski definition) is 1. The molecule has 0 aromatic rings. The number of carbonyl (C=O) groups excluding carboxylic acids is 1. The predicted octanol–water partition coefficient (Wildman–Crippen LogP) is 2.45. The lowest BCUT2D eigenvalue weighted by atomic mass is 9.79. The van der Waals surface area contributed by atoms with Crippen LogP contribution in [0.3, 0.4) is 0 Å². The molecule has 1 aliphatic carbocycles. The molecule has 1 saturated carbocycles. The molecule has 0 bridgehead atoms. The first-order chi connectivity index (χ1) is 5.75. The van der Waals surface area contributed by atoms with E-state index < -0.39 is 0 Å². The van der Waals surface area contributed by atoms with Crippen molar-refractivity contribution in [3.05, 3.63) is 0 Å². The second-order valence-corrected chi connectivity index (χ2v) is 4.01. The third kappa shape index (κ3) is 3.03. The van der Waals surface area contributed by atoms with Crippen molar-refractivity contribution in [3.8, 4) is 0 Å². The topological polar surface area (TPSA) is 29.1 Å². The van der Waals surface area contributed by atoms with Crippen LogP contribution in [0.4, 0.5) is 0 Å². The molecule has 78 valence electrons. The highest BCUT2D eigenvalue weighted by Gasteiger charge is 2.36. The van der Waals surface area contributed by atoms with E-state index in [-0.39, 0.29) is 22.5 Å². The normalized spacial score (nSPS) is 20.5. The monoisotopic (exact) mass is 313 g/mol. The van der Waals surface area contributed by atoms with Crippen LogP contribution >= 0.6 is 32.9 Å². The van der Waals surface area contributed by atoms with Crippen molar-refractivity contribution in [3.63, 3.8) is 0 Å². The van der Waals surface area contributed by atoms with Gasteiger partial charge >= 0.3 is 0 Å². The highest BCUT2D eigenvalue weighted by molar-refractivity contribution is 9.09. The molecule has 13 heavy (non-hydrogen) atoms. The summed E-state index contributed by atoms with van der Waals surface area (Å²) in [6, 6.07) is 0. The zero-order chi connectivity index (χ0) is 9.03. The first-order valence-electron chi connectivity index (χ1n) is 4.53. The summed E-state index contributed by atoms with van der Waals surface area (Å²) < 4.78 is 0. The molecule has 0 heterocycles. The van der Waals surface area contributed by atoms with E-state index in [2.05, 4.69) is 21.2 Å². The fraction of sp³-hybridized carbons (Fsp3) is 0.889. The van der Waals surface area contributed by atoms with Gasteiger partial charge in [0.05, 0.1) is 10.9 Å². The van der Waals surface area contributed by atoms with Crippen molar-refractivity contribution in [2.24, 2.45) is 0 Å². The van der Waals surface area contributed by atoms with Crippen LogP contribution in [0.25, 0.3) is 0 Å². The number of likely N-dealkylation sites (N-methyl/N-ethyl adjacent to an activating group) is 1. The Morgan fingerprint density at radius 1 is 1.38 bits per heavy atom. The number of Topliss-reactive ketones (excluding diaryl/α,β-unsaturated/α-hetero) is 1. The van der Waals surface area contributed by atoms with Crippen molar-refractivity contribution in [2.45, 2.75) is 37.6 Å². The van der Waals surface area contributed by atoms with E-state index in [1.807, 2.05) is 7.05 Å². The van der Waals surface area contributed by atoms with Gasteiger partial charge in [-0.1, -0.05) is 35.2 Å². The van der Waals surface area contributed by atoms with Gasteiger partial charge in [0, 0.05) is 0 Å². The Kier molecular flexibility index (Phi) is 6.42. The molecule has 0 aliphatic heterocycles. The largest absolute Gasteiger partial charge is 0.308 e. The molecule has 0 aromatic heterocycles. The number of ketones is 1. The third-order valence-electron chi connectivity index (χ3n) is 2.84. The van der Waals surface area contributed by atoms with Crippen molar-refractivity contribution >= 4 is 38.7 Å². The average molecular weight is 315 g/mol. The van der Waals surface area contributed by atoms with Gasteiger partial charge in [-0.2, -0.15) is 0 Å². The van der Waals surface area contributed by atoms with E-state index in [0.29, 0.717) is 11.1 Å². The minimum atomic E-state index is -0.207. The summed E-state index contributed by atoms with van der Waals surface area (Å²) in [5, 5.41) is 3.67. The Morgan fingerprint density at radius 3 is 2.31 bits per heavy atom. The highest BCUT2D eigenvalue weighted by Crippen LogP contribution is 2.29. The molecule has 0 aromatic carbocycles. The van der Waals surface area contributed by atoms with Gasteiger partial charge in [0.2, 0.25) is 0 Å². The molecule has 0 spiro atoms. The Labute approximate surface area is 98.7 Å². The second kappa shape index (κ2) is 6.14. The van der Waals surface area contributed by atoms with Gasteiger partial charge in [-0.25, -0.2) is 0 Å². The lowest BCUT2D eigenvalue weighted by Crippen LogP contribution is -2.52. The fourth-order valence-electron chi connectivity index (χ4n) is 1.95. The van der Waals surface area contributed by atoms with E-state index in [1.165, 1.54) is 19.3 Å². The Morgan fingerprint density at radius 2 is 1.92 bits per heavy atom. The summed E-state index contributed by atoms with van der Waals surface area (Å²) in [7, 11) is 1.89. The van der Waals surface area contributed by atoms with E-state index in [0.717, 1.165) is 12.8 Å². The van der Waals surface area contributed by atoms with Crippen molar-refractivity contribution in [1.82, 2.24) is 5.32 Å². The van der Waals surface area contributed by atoms with Crippen LogP contribution in [-0.2, 0) is 4.79 Å². The molecule has 1 fully saturated rings. The maximum absolute atomic E-state index is 11.6. The highest BCUT2D eigenvalue weighted by atomic mass is 79.9. The van der Waals surface area contributed by atoms with Gasteiger partial charge in [-0.05, 0) is 19.9 Å². The lowest BCUT2D eigenvalue weighted by Gasteiger charge is -2.35. The lowest BCUT2D eigenvalue weighted by molar-refractivity contribution is -0.123. The quantitative estimate of drug-likeness (QED) is 0.811. The average Bonchev–Trinajstić information content (AvgIpc) is 2.17. The first kappa shape index (κ1) is 13.6. The summed E-state index contributed by atoms with van der Waals surface area (Å²) >= 11 is 3.24. The van der Waals surface area contributed by atoms with Gasteiger partial charge in [-0.3, -0.25) is 4.79 Å². The number of halogens is 2. The molecule has 2 nitrogen and oxygen atoms in total. The molecule has 0 atom stereocenters. The zero-order valence-corrected chi connectivity index (χ0v) is 11.2. The Balaban J connectivity index is 0.00000144. The van der Waals surface area contributed by atoms with Crippen LogP contribution in [-0.4, -0.2) is 23.7 Å². The summed E-state index contributed by atoms with van der Waals surface area (Å²) in [4.78, 5) is 11.6. The maximum Gasteiger partial charge on any atom is 0.163 e. The molecular weight excluding hydrogens is 298 g/mol. The summed E-state index contributed by atoms with van der Waals surface area (Å²) in [6.45, 7) is 0. The van der Waals surface area contributed by atoms with Crippen LogP contribution in [0.5, 0.6) is 0 Å². The molecule has 1 aliphatic rings. The van der Waals surface area contributed by atoms with Gasteiger partial charge < -0.3 is 5.32 Å². The first-order valence-corrected chi connectivity index (χ1v) is 5.65. The van der Waals surface area contributed by atoms with E-state index in [9.17, 15) is 4.79 Å². The standard InChI is InChI=1S/C9H16BrNO.BrH/c1-11-9(8(12)7-10)5-3-2-4-6-9;/h11H,2-7H2,1H3;1H.